The molecule has 0 aliphatic carbocycles. The van der Waals surface area contributed by atoms with Crippen LogP contribution in [-0.4, -0.2) is 93.8 Å². The number of unbranched alkanes of at least 4 members (excludes halogenated alkanes) is 11. The SMILES string of the molecule is C[C@H](O)[C@H](NC(=O)CCCCCCCCCCCCCCC(=O)N[C@@H](CC(N)=O)C(=O)N[C@@H](Cc1ccccc1)C(=O)O)C(=O)N[C@H](C(=O)N[C@@H](Cc1ccccc1)C(N)=O)C(C)(C)C. The van der Waals surface area contributed by atoms with Gasteiger partial charge in [-0.2, -0.15) is 0 Å². The summed E-state index contributed by atoms with van der Waals surface area (Å²) in [6, 6.07) is 11.9. The van der Waals surface area contributed by atoms with Crippen molar-refractivity contribution in [2.75, 3.05) is 0 Å². The molecule has 0 aliphatic rings. The van der Waals surface area contributed by atoms with Crippen molar-refractivity contribution in [3.8, 4) is 0 Å². The van der Waals surface area contributed by atoms with Crippen LogP contribution in [0, 0.1) is 5.41 Å². The molecular formula is C48H73N7O10. The predicted molar refractivity (Wildman–Crippen MR) is 246 cm³/mol. The molecule has 17 nitrogen and oxygen atoms in total. The van der Waals surface area contributed by atoms with E-state index >= 15 is 0 Å². The normalized spacial score (nSPS) is 14.0. The van der Waals surface area contributed by atoms with E-state index in [0.29, 0.717) is 18.4 Å². The molecule has 2 aromatic rings. The fraction of sp³-hybridized carbons (Fsp3) is 0.583. The molecule has 0 aromatic heterocycles. The largest absolute Gasteiger partial charge is 0.480 e. The van der Waals surface area contributed by atoms with Gasteiger partial charge in [0.1, 0.15) is 30.2 Å². The van der Waals surface area contributed by atoms with Crippen molar-refractivity contribution in [1.29, 1.82) is 0 Å². The summed E-state index contributed by atoms with van der Waals surface area (Å²) in [6.07, 6.45) is 9.89. The third-order valence-electron chi connectivity index (χ3n) is 11.0. The minimum absolute atomic E-state index is 0.0338. The van der Waals surface area contributed by atoms with Gasteiger partial charge in [-0.05, 0) is 36.3 Å². The number of carboxylic acids is 1. The van der Waals surface area contributed by atoms with E-state index in [9.17, 15) is 48.6 Å². The first-order valence-electron chi connectivity index (χ1n) is 22.8. The zero-order valence-corrected chi connectivity index (χ0v) is 38.6. The van der Waals surface area contributed by atoms with E-state index < -0.39 is 89.6 Å². The van der Waals surface area contributed by atoms with Gasteiger partial charge < -0.3 is 48.3 Å². The molecule has 0 unspecified atom stereocenters. The number of aliphatic hydroxyl groups excluding tert-OH is 1. The Kier molecular flexibility index (Phi) is 25.2. The standard InChI is InChI=1S/C48H73N7O10/c1-32(56)41(45(62)55-42(48(2,3)4)46(63)52-35(43(50)60)29-33-23-17-15-18-24-33)54-40(59)28-22-14-12-10-8-6-5-7-9-11-13-21-27-39(58)51-36(31-38(49)57)44(61)53-37(47(64)65)30-34-25-19-16-20-26-34/h15-20,23-26,32,35-37,41-42,56H,5-14,21-22,27-31H2,1-4H3,(H2,49,57)(H2,50,60)(H,51,58)(H,52,63)(H,53,61)(H,54,59)(H,55,62)(H,64,65)/t32-,35-,36-,37-,41-,42+/m0/s1. The molecular weight excluding hydrogens is 835 g/mol. The lowest BCUT2D eigenvalue weighted by molar-refractivity contribution is -0.142. The lowest BCUT2D eigenvalue weighted by atomic mass is 9.85. The molecule has 11 N–H and O–H groups in total. The van der Waals surface area contributed by atoms with Crippen LogP contribution < -0.4 is 38.1 Å². The van der Waals surface area contributed by atoms with Crippen LogP contribution in [0.3, 0.4) is 0 Å². The summed E-state index contributed by atoms with van der Waals surface area (Å²) in [7, 11) is 0. The minimum Gasteiger partial charge on any atom is -0.480 e. The first-order chi connectivity index (χ1) is 30.8. The van der Waals surface area contributed by atoms with Crippen LogP contribution in [0.5, 0.6) is 0 Å². The quantitative estimate of drug-likeness (QED) is 0.0483. The second-order valence-corrected chi connectivity index (χ2v) is 17.9. The summed E-state index contributed by atoms with van der Waals surface area (Å²) < 4.78 is 0. The second-order valence-electron chi connectivity index (χ2n) is 17.9. The number of carbonyl (C=O) groups is 8. The molecule has 17 heteroatoms. The number of rotatable bonds is 32. The Hall–Kier alpha value is -5.84. The van der Waals surface area contributed by atoms with Crippen LogP contribution in [0.15, 0.2) is 60.7 Å². The van der Waals surface area contributed by atoms with Gasteiger partial charge >= 0.3 is 5.97 Å². The Morgan fingerprint density at radius 1 is 0.538 bits per heavy atom. The number of hydrogen-bond donors (Lipinski definition) is 9. The zero-order valence-electron chi connectivity index (χ0n) is 38.6. The third-order valence-corrected chi connectivity index (χ3v) is 11.0. The van der Waals surface area contributed by atoms with Crippen LogP contribution in [-0.2, 0) is 51.2 Å². The highest BCUT2D eigenvalue weighted by atomic mass is 16.4. The maximum Gasteiger partial charge on any atom is 0.326 e. The van der Waals surface area contributed by atoms with Gasteiger partial charge in [-0.25, -0.2) is 4.79 Å². The molecule has 2 aromatic carbocycles. The molecule has 0 heterocycles. The lowest BCUT2D eigenvalue weighted by Gasteiger charge is -2.33. The van der Waals surface area contributed by atoms with Gasteiger partial charge in [0.05, 0.1) is 12.5 Å². The van der Waals surface area contributed by atoms with E-state index in [4.69, 9.17) is 11.5 Å². The first kappa shape index (κ1) is 55.3. The fourth-order valence-electron chi connectivity index (χ4n) is 7.22. The minimum atomic E-state index is -1.30. The molecule has 6 atom stereocenters. The Morgan fingerprint density at radius 3 is 1.35 bits per heavy atom. The van der Waals surface area contributed by atoms with Gasteiger partial charge in [0.25, 0.3) is 0 Å². The summed E-state index contributed by atoms with van der Waals surface area (Å²) in [6.45, 7) is 6.62. The Morgan fingerprint density at radius 2 is 0.954 bits per heavy atom. The van der Waals surface area contributed by atoms with Gasteiger partial charge in [0, 0.05) is 25.7 Å². The van der Waals surface area contributed by atoms with E-state index in [1.807, 2.05) is 30.3 Å². The Bertz CT molecular complexity index is 1820. The molecule has 360 valence electrons. The molecule has 0 spiro atoms. The molecule has 0 radical (unpaired) electrons. The van der Waals surface area contributed by atoms with E-state index in [0.717, 1.165) is 69.8 Å². The van der Waals surface area contributed by atoms with E-state index in [-0.39, 0.29) is 31.6 Å². The van der Waals surface area contributed by atoms with Crippen LogP contribution in [0.1, 0.15) is 135 Å². The number of primary amides is 2. The van der Waals surface area contributed by atoms with Crippen molar-refractivity contribution in [3.05, 3.63) is 71.8 Å². The molecule has 7 amide bonds. The lowest BCUT2D eigenvalue weighted by Crippen LogP contribution is -2.61. The van der Waals surface area contributed by atoms with Gasteiger partial charge in [0.15, 0.2) is 0 Å². The topological polar surface area (TPSA) is 289 Å². The van der Waals surface area contributed by atoms with Crippen LogP contribution in [0.2, 0.25) is 0 Å². The van der Waals surface area contributed by atoms with Crippen LogP contribution in [0.25, 0.3) is 0 Å². The Balaban J connectivity index is 1.62. The highest BCUT2D eigenvalue weighted by Crippen LogP contribution is 2.21. The van der Waals surface area contributed by atoms with E-state index in [1.165, 1.54) is 6.92 Å². The predicted octanol–water partition coefficient (Wildman–Crippen LogP) is 3.23. The highest BCUT2D eigenvalue weighted by Gasteiger charge is 2.37. The number of aliphatic carboxylic acids is 1. The van der Waals surface area contributed by atoms with Crippen molar-refractivity contribution in [2.24, 2.45) is 16.9 Å². The number of nitrogens with two attached hydrogens (primary N) is 2. The molecule has 0 fully saturated rings. The number of nitrogens with one attached hydrogen (secondary N) is 5. The van der Waals surface area contributed by atoms with Crippen molar-refractivity contribution < 1.29 is 48.6 Å². The number of carbonyl (C=O) groups excluding carboxylic acids is 7. The molecule has 65 heavy (non-hydrogen) atoms. The van der Waals surface area contributed by atoms with Crippen LogP contribution in [0.4, 0.5) is 0 Å². The number of amides is 7. The van der Waals surface area contributed by atoms with Gasteiger partial charge in [-0.1, -0.05) is 146 Å². The smallest absolute Gasteiger partial charge is 0.326 e. The average molecular weight is 908 g/mol. The molecule has 0 bridgehead atoms. The highest BCUT2D eigenvalue weighted by molar-refractivity contribution is 5.95. The number of aliphatic hydroxyl groups is 1. The van der Waals surface area contributed by atoms with Crippen molar-refractivity contribution in [3.63, 3.8) is 0 Å². The summed E-state index contributed by atoms with van der Waals surface area (Å²) in [5.41, 5.74) is 11.6. The first-order valence-corrected chi connectivity index (χ1v) is 22.8. The summed E-state index contributed by atoms with van der Waals surface area (Å²) in [5, 5.41) is 32.9. The van der Waals surface area contributed by atoms with E-state index in [2.05, 4.69) is 26.6 Å². The Labute approximate surface area is 383 Å². The van der Waals surface area contributed by atoms with Crippen molar-refractivity contribution >= 4 is 47.3 Å². The molecule has 0 saturated heterocycles. The average Bonchev–Trinajstić information content (AvgIpc) is 3.23. The number of carboxylic acid groups (broad SMARTS) is 1. The van der Waals surface area contributed by atoms with E-state index in [1.54, 1.807) is 51.1 Å². The zero-order chi connectivity index (χ0) is 48.4. The summed E-state index contributed by atoms with van der Waals surface area (Å²) in [5.74, 6) is -5.71. The molecule has 0 saturated carbocycles. The summed E-state index contributed by atoms with van der Waals surface area (Å²) >= 11 is 0. The van der Waals surface area contributed by atoms with Gasteiger partial charge in [-0.3, -0.25) is 33.6 Å². The maximum atomic E-state index is 13.4. The monoisotopic (exact) mass is 908 g/mol. The van der Waals surface area contributed by atoms with Crippen LogP contribution >= 0.6 is 0 Å². The fourth-order valence-corrected chi connectivity index (χ4v) is 7.22. The number of benzene rings is 2. The molecule has 2 rings (SSSR count). The molecule has 0 aliphatic heterocycles. The number of hydrogen-bond acceptors (Lipinski definition) is 9. The van der Waals surface area contributed by atoms with Crippen molar-refractivity contribution in [2.45, 2.75) is 173 Å². The third kappa shape index (κ3) is 23.1. The summed E-state index contributed by atoms with van der Waals surface area (Å²) in [4.78, 5) is 101. The van der Waals surface area contributed by atoms with Crippen molar-refractivity contribution in [1.82, 2.24) is 26.6 Å². The maximum absolute atomic E-state index is 13.4. The van der Waals surface area contributed by atoms with Gasteiger partial charge in [0.2, 0.25) is 41.4 Å². The van der Waals surface area contributed by atoms with Gasteiger partial charge in [-0.15, -0.1) is 0 Å². The second kappa shape index (κ2) is 29.6.